The van der Waals surface area contributed by atoms with Gasteiger partial charge in [0.15, 0.2) is 0 Å². The summed E-state index contributed by atoms with van der Waals surface area (Å²) in [7, 11) is 0. The van der Waals surface area contributed by atoms with Gasteiger partial charge < -0.3 is 15.2 Å². The molecule has 4 heteroatoms. The molecule has 0 aliphatic heterocycles. The average Bonchev–Trinajstić information content (AvgIpc) is 2.31. The molecule has 0 saturated heterocycles. The molecule has 1 atom stereocenters. The molecule has 0 rings (SSSR count). The first kappa shape index (κ1) is 20.7. The van der Waals surface area contributed by atoms with Gasteiger partial charge >= 0.3 is 29.6 Å². The zero-order valence-corrected chi connectivity index (χ0v) is 14.5. The van der Waals surface area contributed by atoms with Crippen LogP contribution in [0.25, 0.3) is 0 Å². The second kappa shape index (κ2) is 15.5. The van der Waals surface area contributed by atoms with Crippen LogP contribution in [0, 0.1) is 0 Å². The third kappa shape index (κ3) is 14.5. The first-order valence-electron chi connectivity index (χ1n) is 7.12. The minimum Gasteiger partial charge on any atom is -0.548 e. The largest absolute Gasteiger partial charge is 1.00 e. The third-order valence-corrected chi connectivity index (χ3v) is 3.08. The van der Waals surface area contributed by atoms with Crippen LogP contribution >= 0.6 is 0 Å². The Morgan fingerprint density at radius 2 is 1.44 bits per heavy atom. The topological polar surface area (TPSA) is 52.2 Å². The van der Waals surface area contributed by atoms with E-state index in [2.05, 4.69) is 12.2 Å². The summed E-state index contributed by atoms with van der Waals surface area (Å²) in [5.41, 5.74) is 0. The van der Waals surface area contributed by atoms with Gasteiger partial charge in [0.2, 0.25) is 0 Å². The molecule has 0 radical (unpaired) electrons. The zero-order valence-electron chi connectivity index (χ0n) is 12.5. The smallest absolute Gasteiger partial charge is 0.548 e. The molecule has 0 saturated carbocycles. The van der Waals surface area contributed by atoms with E-state index in [1.807, 2.05) is 0 Å². The van der Waals surface area contributed by atoms with Gasteiger partial charge in [0.1, 0.15) is 0 Å². The Labute approximate surface area is 134 Å². The van der Waals surface area contributed by atoms with E-state index < -0.39 is 12.0 Å². The van der Waals surface area contributed by atoms with Crippen LogP contribution in [0.3, 0.4) is 0 Å². The summed E-state index contributed by atoms with van der Waals surface area (Å²) >= 11 is 0. The normalized spacial score (nSPS) is 11.9. The van der Waals surface area contributed by atoms with Crippen molar-refractivity contribution in [2.75, 3.05) is 6.54 Å². The van der Waals surface area contributed by atoms with Crippen molar-refractivity contribution in [3.8, 4) is 0 Å². The Morgan fingerprint density at radius 3 is 1.89 bits per heavy atom. The number of aliphatic carboxylic acids is 1. The molecule has 102 valence electrons. The number of carboxylic acid groups (broad SMARTS) is 1. The number of unbranched alkanes of at least 4 members (excludes halogenated alkanes) is 8. The average molecular weight is 265 g/mol. The van der Waals surface area contributed by atoms with Crippen molar-refractivity contribution >= 4 is 5.97 Å². The second-order valence-corrected chi connectivity index (χ2v) is 4.82. The van der Waals surface area contributed by atoms with Crippen molar-refractivity contribution in [2.24, 2.45) is 0 Å². The van der Waals surface area contributed by atoms with Crippen molar-refractivity contribution in [3.05, 3.63) is 0 Å². The summed E-state index contributed by atoms with van der Waals surface area (Å²) in [6, 6.07) is -0.524. The van der Waals surface area contributed by atoms with Crippen LogP contribution in [0.5, 0.6) is 0 Å². The number of hydrogen-bond donors (Lipinski definition) is 1. The van der Waals surface area contributed by atoms with Crippen LogP contribution < -0.4 is 40.0 Å². The van der Waals surface area contributed by atoms with Gasteiger partial charge in [-0.25, -0.2) is 0 Å². The molecule has 0 aromatic heterocycles. The van der Waals surface area contributed by atoms with E-state index in [1.54, 1.807) is 6.92 Å². The molecular formula is C14H28NNaO2. The predicted molar refractivity (Wildman–Crippen MR) is 69.7 cm³/mol. The Kier molecular flexibility index (Phi) is 17.8. The summed E-state index contributed by atoms with van der Waals surface area (Å²) < 4.78 is 0. The minimum absolute atomic E-state index is 0. The molecule has 0 bridgehead atoms. The van der Waals surface area contributed by atoms with E-state index >= 15 is 0 Å². The van der Waals surface area contributed by atoms with Gasteiger partial charge in [0.25, 0.3) is 0 Å². The van der Waals surface area contributed by atoms with E-state index in [9.17, 15) is 9.90 Å². The summed E-state index contributed by atoms with van der Waals surface area (Å²) in [5.74, 6) is -1.01. The van der Waals surface area contributed by atoms with Crippen molar-refractivity contribution in [1.82, 2.24) is 5.32 Å². The Balaban J connectivity index is 0. The number of rotatable bonds is 12. The van der Waals surface area contributed by atoms with E-state index in [0.29, 0.717) is 0 Å². The first-order chi connectivity index (χ1) is 8.18. The van der Waals surface area contributed by atoms with Gasteiger partial charge in [-0.2, -0.15) is 0 Å². The molecule has 0 spiro atoms. The predicted octanol–water partition coefficient (Wildman–Crippen LogP) is -0.751. The molecule has 0 aliphatic rings. The van der Waals surface area contributed by atoms with Gasteiger partial charge in [-0.05, 0) is 19.9 Å². The number of carbonyl (C=O) groups excluding carboxylic acids is 1. The molecule has 0 fully saturated rings. The Bertz CT molecular complexity index is 189. The fourth-order valence-electron chi connectivity index (χ4n) is 1.84. The molecule has 3 nitrogen and oxygen atoms in total. The number of nitrogens with one attached hydrogen (secondary N) is 1. The third-order valence-electron chi connectivity index (χ3n) is 3.08. The maximum absolute atomic E-state index is 10.4. The van der Waals surface area contributed by atoms with Crippen LogP contribution in [-0.4, -0.2) is 18.6 Å². The first-order valence-corrected chi connectivity index (χ1v) is 7.12. The van der Waals surface area contributed by atoms with Crippen molar-refractivity contribution in [3.63, 3.8) is 0 Å². The molecule has 0 heterocycles. The fraction of sp³-hybridized carbons (Fsp3) is 0.929. The van der Waals surface area contributed by atoms with Crippen LogP contribution in [-0.2, 0) is 4.79 Å². The van der Waals surface area contributed by atoms with E-state index in [1.165, 1.54) is 51.4 Å². The van der Waals surface area contributed by atoms with Gasteiger partial charge in [-0.1, -0.05) is 58.3 Å². The summed E-state index contributed by atoms with van der Waals surface area (Å²) in [5, 5.41) is 13.4. The van der Waals surface area contributed by atoms with E-state index in [0.717, 1.165) is 13.0 Å². The maximum atomic E-state index is 10.4. The van der Waals surface area contributed by atoms with Crippen molar-refractivity contribution in [2.45, 2.75) is 77.7 Å². The quantitative estimate of drug-likeness (QED) is 0.373. The van der Waals surface area contributed by atoms with Gasteiger partial charge in [0, 0.05) is 6.04 Å². The van der Waals surface area contributed by atoms with Crippen LogP contribution in [0.1, 0.15) is 71.6 Å². The van der Waals surface area contributed by atoms with Crippen molar-refractivity contribution in [1.29, 1.82) is 0 Å². The number of hydrogen-bond acceptors (Lipinski definition) is 3. The molecule has 0 aliphatic carbocycles. The van der Waals surface area contributed by atoms with Crippen LogP contribution in [0.2, 0.25) is 0 Å². The molecule has 0 aromatic rings. The zero-order chi connectivity index (χ0) is 12.9. The molecule has 0 aromatic carbocycles. The molecule has 0 amide bonds. The number of carbonyl (C=O) groups is 1. The standard InChI is InChI=1S/C14H29NO2.Na/c1-3-4-5-6-7-8-9-10-11-12-15-13(2)14(16)17;/h13,15H,3-12H2,1-2H3,(H,16,17);/q;+1/p-1. The Hall–Kier alpha value is 0.430. The van der Waals surface area contributed by atoms with E-state index in [4.69, 9.17) is 0 Å². The number of carboxylic acids is 1. The SMILES string of the molecule is CCCCCCCCCCCNC(C)C(=O)[O-].[Na+]. The summed E-state index contributed by atoms with van der Waals surface area (Å²) in [4.78, 5) is 10.4. The molecule has 1 unspecified atom stereocenters. The minimum atomic E-state index is -1.01. The monoisotopic (exact) mass is 265 g/mol. The fourth-order valence-corrected chi connectivity index (χ4v) is 1.84. The second-order valence-electron chi connectivity index (χ2n) is 4.82. The maximum Gasteiger partial charge on any atom is 1.00 e. The van der Waals surface area contributed by atoms with Gasteiger partial charge in [-0.3, -0.25) is 0 Å². The Morgan fingerprint density at radius 1 is 1.00 bits per heavy atom. The van der Waals surface area contributed by atoms with E-state index in [-0.39, 0.29) is 29.6 Å². The molecular weight excluding hydrogens is 237 g/mol. The van der Waals surface area contributed by atoms with Crippen LogP contribution in [0.4, 0.5) is 0 Å². The van der Waals surface area contributed by atoms with Gasteiger partial charge in [-0.15, -0.1) is 0 Å². The van der Waals surface area contributed by atoms with Crippen LogP contribution in [0.15, 0.2) is 0 Å². The van der Waals surface area contributed by atoms with Gasteiger partial charge in [0.05, 0.1) is 5.97 Å². The summed E-state index contributed by atoms with van der Waals surface area (Å²) in [6.45, 7) is 4.65. The summed E-state index contributed by atoms with van der Waals surface area (Å²) in [6.07, 6.45) is 11.6. The molecule has 1 N–H and O–H groups in total. The van der Waals surface area contributed by atoms with Crippen molar-refractivity contribution < 1.29 is 39.5 Å². The molecule has 18 heavy (non-hydrogen) atoms.